The van der Waals surface area contributed by atoms with Crippen LogP contribution in [0.25, 0.3) is 11.0 Å². The standard InChI is InChI=1S/C16H22N2O2/c1-11(2)5-3-4-8-18-16(19)15-10-12-9-13(17)6-7-14(12)20-15/h6-7,9-11H,3-5,8,17H2,1-2H3,(H,18,19). The molecule has 1 heterocycles. The van der Waals surface area contributed by atoms with Gasteiger partial charge >= 0.3 is 0 Å². The summed E-state index contributed by atoms with van der Waals surface area (Å²) in [5.41, 5.74) is 7.05. The summed E-state index contributed by atoms with van der Waals surface area (Å²) >= 11 is 0. The van der Waals surface area contributed by atoms with Gasteiger partial charge in [0, 0.05) is 17.6 Å². The van der Waals surface area contributed by atoms with Crippen molar-refractivity contribution in [2.45, 2.75) is 33.1 Å². The fourth-order valence-electron chi connectivity index (χ4n) is 2.14. The van der Waals surface area contributed by atoms with Crippen LogP contribution in [0.3, 0.4) is 0 Å². The number of benzene rings is 1. The fourth-order valence-corrected chi connectivity index (χ4v) is 2.14. The van der Waals surface area contributed by atoms with Gasteiger partial charge in [-0.3, -0.25) is 4.79 Å². The predicted octanol–water partition coefficient (Wildman–Crippen LogP) is 3.57. The van der Waals surface area contributed by atoms with Crippen LogP contribution < -0.4 is 11.1 Å². The topological polar surface area (TPSA) is 68.3 Å². The molecule has 4 nitrogen and oxygen atoms in total. The van der Waals surface area contributed by atoms with Crippen molar-refractivity contribution in [3.63, 3.8) is 0 Å². The number of hydrogen-bond donors (Lipinski definition) is 2. The molecule has 1 amide bonds. The minimum atomic E-state index is -0.163. The van der Waals surface area contributed by atoms with E-state index >= 15 is 0 Å². The third-order valence-corrected chi connectivity index (χ3v) is 3.26. The molecular weight excluding hydrogens is 252 g/mol. The van der Waals surface area contributed by atoms with E-state index in [1.54, 1.807) is 24.3 Å². The van der Waals surface area contributed by atoms with E-state index in [0.717, 1.165) is 18.2 Å². The Morgan fingerprint density at radius 3 is 2.85 bits per heavy atom. The Labute approximate surface area is 119 Å². The number of hydrogen-bond acceptors (Lipinski definition) is 3. The molecule has 0 aliphatic rings. The summed E-state index contributed by atoms with van der Waals surface area (Å²) in [6.45, 7) is 5.10. The van der Waals surface area contributed by atoms with Crippen LogP contribution in [0.4, 0.5) is 5.69 Å². The maximum atomic E-state index is 12.0. The van der Waals surface area contributed by atoms with E-state index in [0.29, 0.717) is 29.5 Å². The van der Waals surface area contributed by atoms with Crippen molar-refractivity contribution >= 4 is 22.6 Å². The van der Waals surface area contributed by atoms with Crippen LogP contribution in [-0.4, -0.2) is 12.5 Å². The first-order chi connectivity index (χ1) is 9.56. The largest absolute Gasteiger partial charge is 0.451 e. The number of rotatable bonds is 6. The first kappa shape index (κ1) is 14.4. The minimum absolute atomic E-state index is 0.163. The highest BCUT2D eigenvalue weighted by Crippen LogP contribution is 2.21. The average molecular weight is 274 g/mol. The molecule has 0 fully saturated rings. The molecule has 1 aromatic heterocycles. The summed E-state index contributed by atoms with van der Waals surface area (Å²) in [7, 11) is 0. The van der Waals surface area contributed by atoms with Crippen molar-refractivity contribution in [2.24, 2.45) is 5.92 Å². The van der Waals surface area contributed by atoms with Gasteiger partial charge in [-0.2, -0.15) is 0 Å². The van der Waals surface area contributed by atoms with Gasteiger partial charge in [-0.1, -0.05) is 26.7 Å². The van der Waals surface area contributed by atoms with Crippen LogP contribution in [0.1, 0.15) is 43.7 Å². The Hall–Kier alpha value is -1.97. The SMILES string of the molecule is CC(C)CCCCNC(=O)c1cc2cc(N)ccc2o1. The van der Waals surface area contributed by atoms with Gasteiger partial charge in [0.1, 0.15) is 5.58 Å². The van der Waals surface area contributed by atoms with Crippen molar-refractivity contribution in [2.75, 3.05) is 12.3 Å². The molecule has 3 N–H and O–H groups in total. The van der Waals surface area contributed by atoms with E-state index in [2.05, 4.69) is 19.2 Å². The zero-order valence-electron chi connectivity index (χ0n) is 12.1. The molecule has 4 heteroatoms. The lowest BCUT2D eigenvalue weighted by Crippen LogP contribution is -2.23. The first-order valence-electron chi connectivity index (χ1n) is 7.13. The monoisotopic (exact) mass is 274 g/mol. The molecule has 2 aromatic rings. The Morgan fingerprint density at radius 1 is 1.30 bits per heavy atom. The van der Waals surface area contributed by atoms with Gasteiger partial charge in [-0.25, -0.2) is 0 Å². The van der Waals surface area contributed by atoms with Gasteiger partial charge in [0.15, 0.2) is 5.76 Å². The van der Waals surface area contributed by atoms with Crippen molar-refractivity contribution < 1.29 is 9.21 Å². The zero-order chi connectivity index (χ0) is 14.5. The minimum Gasteiger partial charge on any atom is -0.451 e. The van der Waals surface area contributed by atoms with Crippen LogP contribution >= 0.6 is 0 Å². The molecule has 0 bridgehead atoms. The van der Waals surface area contributed by atoms with E-state index in [1.807, 2.05) is 0 Å². The number of anilines is 1. The summed E-state index contributed by atoms with van der Waals surface area (Å²) in [5.74, 6) is 0.894. The fraction of sp³-hybridized carbons (Fsp3) is 0.438. The summed E-state index contributed by atoms with van der Waals surface area (Å²) in [6, 6.07) is 7.08. The first-order valence-corrected chi connectivity index (χ1v) is 7.13. The smallest absolute Gasteiger partial charge is 0.287 e. The van der Waals surface area contributed by atoms with Gasteiger partial charge in [0.25, 0.3) is 5.91 Å². The summed E-state index contributed by atoms with van der Waals surface area (Å²) in [6.07, 6.45) is 3.32. The van der Waals surface area contributed by atoms with Crippen LogP contribution in [0.5, 0.6) is 0 Å². The molecule has 0 saturated carbocycles. The predicted molar refractivity (Wildman–Crippen MR) is 81.6 cm³/mol. The van der Waals surface area contributed by atoms with E-state index < -0.39 is 0 Å². The Bertz CT molecular complexity index is 587. The maximum absolute atomic E-state index is 12.0. The lowest BCUT2D eigenvalue weighted by Gasteiger charge is -2.05. The molecule has 0 aliphatic carbocycles. The normalized spacial score (nSPS) is 11.2. The Morgan fingerprint density at radius 2 is 2.10 bits per heavy atom. The van der Waals surface area contributed by atoms with Gasteiger partial charge < -0.3 is 15.5 Å². The Kier molecular flexibility index (Phi) is 4.66. The van der Waals surface area contributed by atoms with Crippen molar-refractivity contribution in [1.29, 1.82) is 0 Å². The summed E-state index contributed by atoms with van der Waals surface area (Å²) in [5, 5.41) is 3.74. The molecule has 0 atom stereocenters. The van der Waals surface area contributed by atoms with Gasteiger partial charge in [0.05, 0.1) is 0 Å². The van der Waals surface area contributed by atoms with E-state index in [-0.39, 0.29) is 5.91 Å². The van der Waals surface area contributed by atoms with E-state index in [4.69, 9.17) is 10.2 Å². The van der Waals surface area contributed by atoms with Crippen molar-refractivity contribution in [3.05, 3.63) is 30.0 Å². The highest BCUT2D eigenvalue weighted by molar-refractivity contribution is 5.96. The lowest BCUT2D eigenvalue weighted by atomic mass is 10.1. The molecule has 108 valence electrons. The number of nitrogen functional groups attached to an aromatic ring is 1. The average Bonchev–Trinajstić information content (AvgIpc) is 2.80. The van der Waals surface area contributed by atoms with Gasteiger partial charge in [0.2, 0.25) is 0 Å². The van der Waals surface area contributed by atoms with Crippen molar-refractivity contribution in [3.8, 4) is 0 Å². The second-order valence-electron chi connectivity index (χ2n) is 5.55. The molecular formula is C16H22N2O2. The molecule has 0 unspecified atom stereocenters. The van der Waals surface area contributed by atoms with Gasteiger partial charge in [-0.05, 0) is 36.6 Å². The number of nitrogens with two attached hydrogens (primary N) is 1. The molecule has 1 aromatic carbocycles. The number of carbonyl (C=O) groups excluding carboxylic acids is 1. The second-order valence-corrected chi connectivity index (χ2v) is 5.55. The molecule has 0 saturated heterocycles. The highest BCUT2D eigenvalue weighted by atomic mass is 16.3. The molecule has 20 heavy (non-hydrogen) atoms. The third-order valence-electron chi connectivity index (χ3n) is 3.26. The lowest BCUT2D eigenvalue weighted by molar-refractivity contribution is 0.0927. The number of furan rings is 1. The quantitative estimate of drug-likeness (QED) is 0.625. The zero-order valence-corrected chi connectivity index (χ0v) is 12.1. The molecule has 0 spiro atoms. The molecule has 0 radical (unpaired) electrons. The molecule has 2 rings (SSSR count). The van der Waals surface area contributed by atoms with E-state index in [9.17, 15) is 4.79 Å². The highest BCUT2D eigenvalue weighted by Gasteiger charge is 2.11. The van der Waals surface area contributed by atoms with Crippen LogP contribution in [0.15, 0.2) is 28.7 Å². The summed E-state index contributed by atoms with van der Waals surface area (Å²) < 4.78 is 5.51. The van der Waals surface area contributed by atoms with Gasteiger partial charge in [-0.15, -0.1) is 0 Å². The maximum Gasteiger partial charge on any atom is 0.287 e. The number of fused-ring (bicyclic) bond motifs is 1. The Balaban J connectivity index is 1.88. The number of carbonyl (C=O) groups is 1. The number of nitrogens with one attached hydrogen (secondary N) is 1. The second kappa shape index (κ2) is 6.46. The van der Waals surface area contributed by atoms with Crippen molar-refractivity contribution in [1.82, 2.24) is 5.32 Å². The number of unbranched alkanes of at least 4 members (excludes halogenated alkanes) is 1. The number of amides is 1. The van der Waals surface area contributed by atoms with Crippen LogP contribution in [0, 0.1) is 5.92 Å². The van der Waals surface area contributed by atoms with Crippen LogP contribution in [-0.2, 0) is 0 Å². The summed E-state index contributed by atoms with van der Waals surface area (Å²) in [4.78, 5) is 12.0. The molecule has 0 aliphatic heterocycles. The van der Waals surface area contributed by atoms with Crippen LogP contribution in [0.2, 0.25) is 0 Å². The van der Waals surface area contributed by atoms with E-state index in [1.165, 1.54) is 6.42 Å². The third kappa shape index (κ3) is 3.76.